The highest BCUT2D eigenvalue weighted by Crippen LogP contribution is 2.27. The Balaban J connectivity index is 2.26. The number of halogens is 1. The topological polar surface area (TPSA) is 92.8 Å². The molecule has 1 unspecified atom stereocenters. The molecular weight excluding hydrogens is 452 g/mol. The van der Waals surface area contributed by atoms with Crippen LogP contribution in [0.5, 0.6) is 0 Å². The van der Waals surface area contributed by atoms with Gasteiger partial charge in [0.05, 0.1) is 27.7 Å². The van der Waals surface area contributed by atoms with Gasteiger partial charge in [-0.3, -0.25) is 9.10 Å². The number of sulfonamides is 1. The van der Waals surface area contributed by atoms with Gasteiger partial charge < -0.3 is 10.1 Å². The van der Waals surface area contributed by atoms with Crippen molar-refractivity contribution >= 4 is 39.2 Å². The zero-order valence-corrected chi connectivity index (χ0v) is 19.8. The fourth-order valence-electron chi connectivity index (χ4n) is 2.67. The third kappa shape index (κ3) is 6.34. The monoisotopic (exact) mass is 478 g/mol. The van der Waals surface area contributed by atoms with E-state index in [0.717, 1.165) is 6.07 Å². The van der Waals surface area contributed by atoms with Gasteiger partial charge in [-0.25, -0.2) is 13.2 Å². The van der Waals surface area contributed by atoms with E-state index in [-0.39, 0.29) is 34.0 Å². The summed E-state index contributed by atoms with van der Waals surface area (Å²) in [6.45, 7) is 8.90. The number of hydrogen-bond acceptors (Lipinski definition) is 5. The molecule has 1 amide bonds. The molecule has 0 saturated carbocycles. The predicted molar refractivity (Wildman–Crippen MR) is 125 cm³/mol. The highest BCUT2D eigenvalue weighted by molar-refractivity contribution is 7.92. The zero-order chi connectivity index (χ0) is 23.9. The number of benzene rings is 2. The van der Waals surface area contributed by atoms with Gasteiger partial charge in [-0.2, -0.15) is 0 Å². The standard InChI is InChI=1S/C23H27ClN2O5S/c1-5-13-26(18-9-7-6-8-10-18)32(29,30)19-11-12-21(24)20(14-19)23(28)31-15-22(27)25-17(4)16(2)3/h5-12,14,16-17H,1,13,15H2,2-4H3,(H,25,27). The molecule has 2 rings (SSSR count). The first-order valence-corrected chi connectivity index (χ1v) is 11.8. The molecule has 1 atom stereocenters. The second-order valence-corrected chi connectivity index (χ2v) is 9.75. The number of hydrogen-bond donors (Lipinski definition) is 1. The van der Waals surface area contributed by atoms with Crippen molar-refractivity contribution in [1.82, 2.24) is 5.32 Å². The van der Waals surface area contributed by atoms with Crippen LogP contribution >= 0.6 is 11.6 Å². The maximum absolute atomic E-state index is 13.3. The van der Waals surface area contributed by atoms with E-state index in [9.17, 15) is 18.0 Å². The number of rotatable bonds is 10. The minimum absolute atomic E-state index is 0.0138. The van der Waals surface area contributed by atoms with Gasteiger partial charge in [-0.15, -0.1) is 6.58 Å². The van der Waals surface area contributed by atoms with E-state index in [2.05, 4.69) is 11.9 Å². The summed E-state index contributed by atoms with van der Waals surface area (Å²) in [4.78, 5) is 24.4. The van der Waals surface area contributed by atoms with E-state index in [4.69, 9.17) is 16.3 Å². The molecular formula is C23H27ClN2O5S. The van der Waals surface area contributed by atoms with Crippen LogP contribution in [0.2, 0.25) is 5.02 Å². The van der Waals surface area contributed by atoms with E-state index in [0.29, 0.717) is 5.69 Å². The number of nitrogens with zero attached hydrogens (tertiary/aromatic N) is 1. The Morgan fingerprint density at radius 1 is 1.16 bits per heavy atom. The molecule has 32 heavy (non-hydrogen) atoms. The third-order valence-electron chi connectivity index (χ3n) is 4.81. The van der Waals surface area contributed by atoms with Gasteiger partial charge in [-0.1, -0.05) is 49.7 Å². The summed E-state index contributed by atoms with van der Waals surface area (Å²) in [6.07, 6.45) is 1.46. The quantitative estimate of drug-likeness (QED) is 0.411. The second-order valence-electron chi connectivity index (χ2n) is 7.48. The first kappa shape index (κ1) is 25.4. The first-order chi connectivity index (χ1) is 15.1. The van der Waals surface area contributed by atoms with Crippen LogP contribution in [0.4, 0.5) is 5.69 Å². The Hall–Kier alpha value is -2.84. The van der Waals surface area contributed by atoms with Crippen molar-refractivity contribution in [3.05, 3.63) is 71.8 Å². The summed E-state index contributed by atoms with van der Waals surface area (Å²) in [5.41, 5.74) is 0.298. The van der Waals surface area contributed by atoms with Gasteiger partial charge in [0.1, 0.15) is 0 Å². The Bertz CT molecular complexity index is 1070. The molecule has 0 aromatic heterocycles. The Morgan fingerprint density at radius 2 is 1.81 bits per heavy atom. The van der Waals surface area contributed by atoms with Gasteiger partial charge in [0.15, 0.2) is 6.61 Å². The predicted octanol–water partition coefficient (Wildman–Crippen LogP) is 4.04. The van der Waals surface area contributed by atoms with Crippen LogP contribution in [0, 0.1) is 5.92 Å². The minimum Gasteiger partial charge on any atom is -0.452 e. The van der Waals surface area contributed by atoms with E-state index < -0.39 is 28.5 Å². The lowest BCUT2D eigenvalue weighted by molar-refractivity contribution is -0.125. The van der Waals surface area contributed by atoms with Gasteiger partial charge >= 0.3 is 5.97 Å². The van der Waals surface area contributed by atoms with Crippen LogP contribution in [0.25, 0.3) is 0 Å². The lowest BCUT2D eigenvalue weighted by Crippen LogP contribution is -2.38. The summed E-state index contributed by atoms with van der Waals surface area (Å²) in [7, 11) is -4.03. The molecule has 2 aromatic rings. The average Bonchev–Trinajstić information content (AvgIpc) is 2.76. The molecule has 0 aliphatic rings. The van der Waals surface area contributed by atoms with Gasteiger partial charge in [0.2, 0.25) is 0 Å². The largest absolute Gasteiger partial charge is 0.452 e. The molecule has 0 aliphatic heterocycles. The SMILES string of the molecule is C=CCN(c1ccccc1)S(=O)(=O)c1ccc(Cl)c(C(=O)OCC(=O)NC(C)C(C)C)c1. The van der Waals surface area contributed by atoms with Crippen molar-refractivity contribution in [2.24, 2.45) is 5.92 Å². The molecule has 172 valence electrons. The molecule has 1 N–H and O–H groups in total. The van der Waals surface area contributed by atoms with Crippen LogP contribution in [-0.2, 0) is 19.6 Å². The molecule has 0 spiro atoms. The maximum atomic E-state index is 13.3. The van der Waals surface area contributed by atoms with Crippen LogP contribution < -0.4 is 9.62 Å². The van der Waals surface area contributed by atoms with Crippen LogP contribution in [0.3, 0.4) is 0 Å². The van der Waals surface area contributed by atoms with Gasteiger partial charge in [-0.05, 0) is 43.2 Å². The lowest BCUT2D eigenvalue weighted by atomic mass is 10.1. The van der Waals surface area contributed by atoms with Crippen molar-refractivity contribution in [3.63, 3.8) is 0 Å². The van der Waals surface area contributed by atoms with Gasteiger partial charge in [0, 0.05) is 6.04 Å². The van der Waals surface area contributed by atoms with E-state index in [1.165, 1.54) is 22.5 Å². The van der Waals surface area contributed by atoms with Crippen molar-refractivity contribution in [1.29, 1.82) is 0 Å². The van der Waals surface area contributed by atoms with Crippen molar-refractivity contribution in [2.45, 2.75) is 31.7 Å². The second kappa shape index (κ2) is 11.2. The number of anilines is 1. The molecule has 0 radical (unpaired) electrons. The maximum Gasteiger partial charge on any atom is 0.340 e. The van der Waals surface area contributed by atoms with Crippen LogP contribution in [0.1, 0.15) is 31.1 Å². The molecule has 0 aliphatic carbocycles. The molecule has 2 aromatic carbocycles. The average molecular weight is 479 g/mol. The number of carbonyl (C=O) groups is 2. The Kier molecular flexibility index (Phi) is 8.86. The minimum atomic E-state index is -4.03. The first-order valence-electron chi connectivity index (χ1n) is 10.0. The molecule has 0 bridgehead atoms. The number of para-hydroxylation sites is 1. The van der Waals surface area contributed by atoms with E-state index >= 15 is 0 Å². The Morgan fingerprint density at radius 3 is 2.41 bits per heavy atom. The zero-order valence-electron chi connectivity index (χ0n) is 18.2. The van der Waals surface area contributed by atoms with E-state index in [1.54, 1.807) is 30.3 Å². The summed E-state index contributed by atoms with van der Waals surface area (Å²) in [5, 5.41) is 2.74. The van der Waals surface area contributed by atoms with Gasteiger partial charge in [0.25, 0.3) is 15.9 Å². The lowest BCUT2D eigenvalue weighted by Gasteiger charge is -2.23. The Labute approximate surface area is 194 Å². The molecule has 7 nitrogen and oxygen atoms in total. The number of carbonyl (C=O) groups excluding carboxylic acids is 2. The van der Waals surface area contributed by atoms with Crippen molar-refractivity contribution in [3.8, 4) is 0 Å². The molecule has 0 heterocycles. The normalized spacial score (nSPS) is 12.2. The highest BCUT2D eigenvalue weighted by Gasteiger charge is 2.26. The fourth-order valence-corrected chi connectivity index (χ4v) is 4.33. The smallest absolute Gasteiger partial charge is 0.340 e. The highest BCUT2D eigenvalue weighted by atomic mass is 35.5. The third-order valence-corrected chi connectivity index (χ3v) is 6.93. The number of nitrogens with one attached hydrogen (secondary N) is 1. The molecule has 0 saturated heterocycles. The summed E-state index contributed by atoms with van der Waals surface area (Å²) in [5.74, 6) is -1.14. The van der Waals surface area contributed by atoms with Crippen molar-refractivity contribution < 1.29 is 22.7 Å². The summed E-state index contributed by atoms with van der Waals surface area (Å²) < 4.78 is 32.8. The van der Waals surface area contributed by atoms with Crippen molar-refractivity contribution in [2.75, 3.05) is 17.5 Å². The molecule has 9 heteroatoms. The summed E-state index contributed by atoms with van der Waals surface area (Å²) >= 11 is 6.11. The number of esters is 1. The van der Waals surface area contributed by atoms with Crippen LogP contribution in [-0.4, -0.2) is 39.5 Å². The number of ether oxygens (including phenoxy) is 1. The molecule has 0 fully saturated rings. The van der Waals surface area contributed by atoms with Crippen LogP contribution in [0.15, 0.2) is 66.1 Å². The fraction of sp³-hybridized carbons (Fsp3) is 0.304. The van der Waals surface area contributed by atoms with E-state index in [1.807, 2.05) is 20.8 Å². The number of amides is 1. The summed E-state index contributed by atoms with van der Waals surface area (Å²) in [6, 6.07) is 12.2.